The molecule has 1 fully saturated rings. The molecule has 0 bridgehead atoms. The first kappa shape index (κ1) is 28.1. The Balaban J connectivity index is 0.00000407. The summed E-state index contributed by atoms with van der Waals surface area (Å²) in [5.74, 6) is 0.334. The third-order valence-electron chi connectivity index (χ3n) is 5.81. The van der Waals surface area contributed by atoms with Gasteiger partial charge in [0.25, 0.3) is 0 Å². The lowest BCUT2D eigenvalue weighted by atomic mass is 9.83. The Labute approximate surface area is 185 Å². The van der Waals surface area contributed by atoms with Crippen LogP contribution in [-0.4, -0.2) is 12.5 Å². The molecule has 3 heteroatoms. The smallest absolute Gasteiger partial charge is 0.227 e. The van der Waals surface area contributed by atoms with E-state index < -0.39 is 0 Å². The van der Waals surface area contributed by atoms with Crippen molar-refractivity contribution in [1.29, 1.82) is 0 Å². The monoisotopic (exact) mass is 417 g/mol. The Bertz CT molecular complexity index is 633. The summed E-state index contributed by atoms with van der Waals surface area (Å²) in [7, 11) is 0. The molecule has 30 heavy (non-hydrogen) atoms. The second kappa shape index (κ2) is 15.9. The van der Waals surface area contributed by atoms with Gasteiger partial charge in [-0.05, 0) is 62.7 Å². The number of nitrogens with one attached hydrogen (secondary N) is 1. The lowest BCUT2D eigenvalue weighted by Crippen LogP contribution is -2.35. The second-order valence-electron chi connectivity index (χ2n) is 8.03. The first-order chi connectivity index (χ1) is 14.3. The van der Waals surface area contributed by atoms with Crippen LogP contribution in [0.1, 0.15) is 74.1 Å². The Morgan fingerprint density at radius 1 is 1.10 bits per heavy atom. The maximum Gasteiger partial charge on any atom is 0.227 e. The number of hydrogen-bond acceptors (Lipinski definition) is 1. The number of allylic oxidation sites excluding steroid dienone is 8. The molecular weight excluding hydrogens is 373 g/mol. The van der Waals surface area contributed by atoms with Crippen molar-refractivity contribution in [2.75, 3.05) is 6.54 Å². The summed E-state index contributed by atoms with van der Waals surface area (Å²) < 4.78 is 14.8. The molecule has 1 rings (SSSR count). The molecule has 0 aromatic heterocycles. The first-order valence-electron chi connectivity index (χ1n) is 11.6. The van der Waals surface area contributed by atoms with Crippen LogP contribution >= 0.6 is 0 Å². The van der Waals surface area contributed by atoms with E-state index in [-0.39, 0.29) is 23.6 Å². The van der Waals surface area contributed by atoms with E-state index >= 15 is 0 Å². The van der Waals surface area contributed by atoms with Crippen LogP contribution in [0.25, 0.3) is 0 Å². The van der Waals surface area contributed by atoms with E-state index in [9.17, 15) is 9.18 Å². The van der Waals surface area contributed by atoms with Crippen molar-refractivity contribution in [1.82, 2.24) is 5.32 Å². The summed E-state index contributed by atoms with van der Waals surface area (Å²) in [6.45, 7) is 18.1. The van der Waals surface area contributed by atoms with Crippen LogP contribution in [0.5, 0.6) is 0 Å². The maximum absolute atomic E-state index is 14.8. The van der Waals surface area contributed by atoms with E-state index in [0.29, 0.717) is 11.5 Å². The van der Waals surface area contributed by atoms with Crippen molar-refractivity contribution in [3.63, 3.8) is 0 Å². The quantitative estimate of drug-likeness (QED) is 0.382. The molecule has 1 unspecified atom stereocenters. The van der Waals surface area contributed by atoms with Gasteiger partial charge in [0.05, 0.1) is 5.92 Å². The van der Waals surface area contributed by atoms with Crippen molar-refractivity contribution < 1.29 is 9.18 Å². The van der Waals surface area contributed by atoms with Crippen molar-refractivity contribution in [2.24, 2.45) is 23.7 Å². The van der Waals surface area contributed by atoms with Crippen LogP contribution in [-0.2, 0) is 4.79 Å². The summed E-state index contributed by atoms with van der Waals surface area (Å²) in [5, 5.41) is 3.08. The van der Waals surface area contributed by atoms with Gasteiger partial charge in [-0.1, -0.05) is 77.5 Å². The van der Waals surface area contributed by atoms with Gasteiger partial charge in [0.15, 0.2) is 0 Å². The zero-order chi connectivity index (χ0) is 23.1. The molecule has 0 aromatic rings. The fourth-order valence-corrected chi connectivity index (χ4v) is 3.66. The van der Waals surface area contributed by atoms with Crippen LogP contribution < -0.4 is 5.32 Å². The van der Waals surface area contributed by atoms with Crippen molar-refractivity contribution in [3.05, 3.63) is 60.0 Å². The topological polar surface area (TPSA) is 29.1 Å². The molecule has 0 spiro atoms. The molecular formula is C27H44FNO. The minimum atomic E-state index is -0.386. The molecule has 1 aliphatic carbocycles. The molecule has 0 radical (unpaired) electrons. The Morgan fingerprint density at radius 3 is 2.20 bits per heavy atom. The summed E-state index contributed by atoms with van der Waals surface area (Å²) in [6, 6.07) is 0. The summed E-state index contributed by atoms with van der Waals surface area (Å²) in [4.78, 5) is 12.6. The predicted molar refractivity (Wildman–Crippen MR) is 130 cm³/mol. The number of carbonyl (C=O) groups excluding carboxylic acids is 1. The van der Waals surface area contributed by atoms with Gasteiger partial charge < -0.3 is 5.32 Å². The van der Waals surface area contributed by atoms with E-state index in [2.05, 4.69) is 18.8 Å². The molecule has 1 aliphatic rings. The van der Waals surface area contributed by atoms with Crippen LogP contribution in [0.2, 0.25) is 0 Å². The molecule has 0 aliphatic heterocycles. The average molecular weight is 418 g/mol. The first-order valence-corrected chi connectivity index (χ1v) is 11.6. The molecule has 1 N–H and O–H groups in total. The minimum absolute atomic E-state index is 0.0289. The molecule has 0 saturated heterocycles. The molecule has 1 saturated carbocycles. The fraction of sp³-hybridized carbons (Fsp3) is 0.593. The Kier molecular flexibility index (Phi) is 14.9. The lowest BCUT2D eigenvalue weighted by molar-refractivity contribution is -0.123. The zero-order valence-electron chi connectivity index (χ0n) is 20.3. The van der Waals surface area contributed by atoms with Gasteiger partial charge in [0.1, 0.15) is 5.83 Å². The molecule has 2 atom stereocenters. The average Bonchev–Trinajstić information content (AvgIpc) is 2.76. The highest BCUT2D eigenvalue weighted by Crippen LogP contribution is 2.28. The van der Waals surface area contributed by atoms with Gasteiger partial charge in [-0.2, -0.15) is 0 Å². The summed E-state index contributed by atoms with van der Waals surface area (Å²) >= 11 is 0. The largest absolute Gasteiger partial charge is 0.355 e. The lowest BCUT2D eigenvalue weighted by Gasteiger charge is -2.26. The Hall–Kier alpha value is -1.90. The molecule has 2 nitrogen and oxygen atoms in total. The number of halogens is 1. The highest BCUT2D eigenvalue weighted by Gasteiger charge is 2.22. The zero-order valence-corrected chi connectivity index (χ0v) is 20.3. The summed E-state index contributed by atoms with van der Waals surface area (Å²) in [5.41, 5.74) is 1.56. The van der Waals surface area contributed by atoms with E-state index in [1.165, 1.54) is 31.8 Å². The van der Waals surface area contributed by atoms with E-state index in [1.807, 2.05) is 65.8 Å². The maximum atomic E-state index is 14.8. The van der Waals surface area contributed by atoms with Gasteiger partial charge in [-0.3, -0.25) is 4.79 Å². The van der Waals surface area contributed by atoms with Gasteiger partial charge in [0, 0.05) is 12.5 Å². The van der Waals surface area contributed by atoms with E-state index in [1.54, 1.807) is 6.08 Å². The fourth-order valence-electron chi connectivity index (χ4n) is 3.66. The van der Waals surface area contributed by atoms with Crippen LogP contribution in [0.15, 0.2) is 60.0 Å². The highest BCUT2D eigenvalue weighted by molar-refractivity contribution is 5.81. The SMILES string of the molecule is C=C/C=C(\C=C/C)C(C)/C(F)=C\C(=C/C)[C@H](C)C(=O)NCC1CCC(C)CC1.CC. The normalized spacial score (nSPS) is 22.7. The van der Waals surface area contributed by atoms with Crippen LogP contribution in [0, 0.1) is 23.7 Å². The van der Waals surface area contributed by atoms with Gasteiger partial charge in [0.2, 0.25) is 5.91 Å². The molecule has 1 amide bonds. The van der Waals surface area contributed by atoms with Gasteiger partial charge >= 0.3 is 0 Å². The third-order valence-corrected chi connectivity index (χ3v) is 5.81. The van der Waals surface area contributed by atoms with Gasteiger partial charge in [-0.25, -0.2) is 4.39 Å². The Morgan fingerprint density at radius 2 is 1.70 bits per heavy atom. The van der Waals surface area contributed by atoms with Crippen LogP contribution in [0.3, 0.4) is 0 Å². The standard InChI is InChI=1S/C25H38FNO.C2H6/c1-7-10-23(11-8-2)19(5)24(26)16-22(9-3)20(6)25(28)27-17-21-14-12-18(4)13-15-21;1-2/h7-11,16,18-21H,1,12-15,17H2,2-6H3,(H,27,28);1-2H3/b11-8-,22-9+,23-10+,24-16+;/t18?,19?,20-,21?;/m0./s1. The number of hydrogen-bond donors (Lipinski definition) is 1. The molecule has 170 valence electrons. The minimum Gasteiger partial charge on any atom is -0.355 e. The van der Waals surface area contributed by atoms with E-state index in [0.717, 1.165) is 18.0 Å². The number of amides is 1. The van der Waals surface area contributed by atoms with Crippen molar-refractivity contribution in [3.8, 4) is 0 Å². The van der Waals surface area contributed by atoms with Crippen molar-refractivity contribution >= 4 is 5.91 Å². The molecule has 0 aromatic carbocycles. The van der Waals surface area contributed by atoms with Gasteiger partial charge in [-0.15, -0.1) is 0 Å². The molecule has 0 heterocycles. The number of rotatable bonds is 9. The third kappa shape index (κ3) is 9.73. The number of carbonyl (C=O) groups is 1. The van der Waals surface area contributed by atoms with Crippen molar-refractivity contribution in [2.45, 2.75) is 74.1 Å². The highest BCUT2D eigenvalue weighted by atomic mass is 19.1. The predicted octanol–water partition coefficient (Wildman–Crippen LogP) is 7.72. The van der Waals surface area contributed by atoms with E-state index in [4.69, 9.17) is 0 Å². The van der Waals surface area contributed by atoms with Crippen LogP contribution in [0.4, 0.5) is 4.39 Å². The summed E-state index contributed by atoms with van der Waals surface area (Å²) in [6.07, 6.45) is 15.4. The second-order valence-corrected chi connectivity index (χ2v) is 8.03.